The summed E-state index contributed by atoms with van der Waals surface area (Å²) in [4.78, 5) is 25.0. The van der Waals surface area contributed by atoms with Crippen LogP contribution in [0.3, 0.4) is 0 Å². The van der Waals surface area contributed by atoms with Crippen LogP contribution in [0.25, 0.3) is 0 Å². The van der Waals surface area contributed by atoms with E-state index in [1.807, 2.05) is 55.4 Å². The van der Waals surface area contributed by atoms with Crippen LogP contribution in [0.5, 0.6) is 0 Å². The van der Waals surface area contributed by atoms with Crippen LogP contribution in [0.4, 0.5) is 0 Å². The molecule has 0 heterocycles. The second kappa shape index (κ2) is 9.07. The van der Waals surface area contributed by atoms with Gasteiger partial charge >= 0.3 is 5.97 Å². The van der Waals surface area contributed by atoms with E-state index in [1.54, 1.807) is 0 Å². The van der Waals surface area contributed by atoms with E-state index in [1.165, 1.54) is 0 Å². The lowest BCUT2D eigenvalue weighted by molar-refractivity contribution is -0.170. The Morgan fingerprint density at radius 2 is 1.33 bits per heavy atom. The van der Waals surface area contributed by atoms with Gasteiger partial charge in [0.15, 0.2) is 5.78 Å². The summed E-state index contributed by atoms with van der Waals surface area (Å²) in [6.45, 7) is 24.1. The first-order chi connectivity index (χ1) is 11.8. The molecule has 0 aromatic rings. The van der Waals surface area contributed by atoms with E-state index in [0.29, 0.717) is 18.9 Å². The Balaban J connectivity index is 4.70. The SMILES string of the molecule is CC(CC(C)C(C)(C)C)C(=O)C(C)(C)OCCC(C)(C)OC(=O)C(C)(C)C. The molecule has 0 radical (unpaired) electrons. The van der Waals surface area contributed by atoms with E-state index < -0.39 is 16.6 Å². The molecule has 0 bridgehead atoms. The van der Waals surface area contributed by atoms with Gasteiger partial charge in [0.2, 0.25) is 0 Å². The van der Waals surface area contributed by atoms with Crippen molar-refractivity contribution < 1.29 is 19.1 Å². The van der Waals surface area contributed by atoms with Crippen LogP contribution in [-0.4, -0.2) is 29.6 Å². The molecule has 0 rings (SSSR count). The zero-order valence-corrected chi connectivity index (χ0v) is 19.9. The Morgan fingerprint density at radius 3 is 1.74 bits per heavy atom. The van der Waals surface area contributed by atoms with Crippen LogP contribution in [-0.2, 0) is 19.1 Å². The summed E-state index contributed by atoms with van der Waals surface area (Å²) in [5.41, 5.74) is -1.83. The Kier molecular flexibility index (Phi) is 8.76. The molecule has 4 heteroatoms. The fraction of sp³-hybridized carbons (Fsp3) is 0.913. The topological polar surface area (TPSA) is 52.6 Å². The predicted molar refractivity (Wildman–Crippen MR) is 112 cm³/mol. The number of hydrogen-bond acceptors (Lipinski definition) is 4. The maximum absolute atomic E-state index is 12.9. The summed E-state index contributed by atoms with van der Waals surface area (Å²) >= 11 is 0. The monoisotopic (exact) mass is 384 g/mol. The smallest absolute Gasteiger partial charge is 0.311 e. The van der Waals surface area contributed by atoms with E-state index in [-0.39, 0.29) is 23.1 Å². The second-order valence-electron chi connectivity index (χ2n) is 11.3. The minimum absolute atomic E-state index is 0.0547. The van der Waals surface area contributed by atoms with Gasteiger partial charge in [-0.1, -0.05) is 34.6 Å². The van der Waals surface area contributed by atoms with Crippen molar-refractivity contribution in [3.8, 4) is 0 Å². The van der Waals surface area contributed by atoms with E-state index in [0.717, 1.165) is 6.42 Å². The number of rotatable bonds is 9. The number of ketones is 1. The second-order valence-corrected chi connectivity index (χ2v) is 11.3. The summed E-state index contributed by atoms with van der Waals surface area (Å²) in [6, 6.07) is 0. The lowest BCUT2D eigenvalue weighted by Crippen LogP contribution is -2.41. The average molecular weight is 385 g/mol. The fourth-order valence-corrected chi connectivity index (χ4v) is 2.66. The zero-order valence-electron chi connectivity index (χ0n) is 19.9. The molecule has 0 N–H and O–H groups in total. The summed E-state index contributed by atoms with van der Waals surface area (Å²) in [5.74, 6) is 0.291. The number of carbonyl (C=O) groups is 2. The van der Waals surface area contributed by atoms with Crippen molar-refractivity contribution in [1.82, 2.24) is 0 Å². The molecule has 160 valence electrons. The van der Waals surface area contributed by atoms with Gasteiger partial charge in [0.05, 0.1) is 12.0 Å². The van der Waals surface area contributed by atoms with Crippen molar-refractivity contribution in [2.24, 2.45) is 22.7 Å². The van der Waals surface area contributed by atoms with Crippen molar-refractivity contribution >= 4 is 11.8 Å². The lowest BCUT2D eigenvalue weighted by Gasteiger charge is -2.33. The molecule has 0 aliphatic heterocycles. The molecule has 0 saturated heterocycles. The Morgan fingerprint density at radius 1 is 0.852 bits per heavy atom. The maximum Gasteiger partial charge on any atom is 0.311 e. The minimum Gasteiger partial charge on any atom is -0.459 e. The third kappa shape index (κ3) is 9.23. The molecule has 0 aromatic heterocycles. The van der Waals surface area contributed by atoms with Crippen LogP contribution in [0.15, 0.2) is 0 Å². The quantitative estimate of drug-likeness (QED) is 0.470. The van der Waals surface area contributed by atoms with Crippen LogP contribution >= 0.6 is 0 Å². The van der Waals surface area contributed by atoms with Crippen molar-refractivity contribution in [3.63, 3.8) is 0 Å². The molecule has 2 atom stereocenters. The van der Waals surface area contributed by atoms with Gasteiger partial charge in [-0.25, -0.2) is 0 Å². The Labute approximate surface area is 167 Å². The highest BCUT2D eigenvalue weighted by molar-refractivity contribution is 5.88. The summed E-state index contributed by atoms with van der Waals surface area (Å²) < 4.78 is 11.6. The highest BCUT2D eigenvalue weighted by Gasteiger charge is 2.36. The van der Waals surface area contributed by atoms with E-state index >= 15 is 0 Å². The van der Waals surface area contributed by atoms with E-state index in [4.69, 9.17) is 9.47 Å². The van der Waals surface area contributed by atoms with Crippen molar-refractivity contribution in [2.45, 2.75) is 107 Å². The van der Waals surface area contributed by atoms with Crippen LogP contribution in [0.2, 0.25) is 0 Å². The normalized spacial score (nSPS) is 16.0. The molecular weight excluding hydrogens is 340 g/mol. The largest absolute Gasteiger partial charge is 0.459 e. The summed E-state index contributed by atoms with van der Waals surface area (Å²) in [7, 11) is 0. The number of ether oxygens (including phenoxy) is 2. The maximum atomic E-state index is 12.9. The van der Waals surface area contributed by atoms with Crippen molar-refractivity contribution in [3.05, 3.63) is 0 Å². The standard InChI is InChI=1S/C23H44O4/c1-16(15-17(2)20(3,4)5)18(24)23(11,12)26-14-13-22(9,10)27-19(25)21(6,7)8/h16-17H,13-15H2,1-12H3. The molecule has 0 spiro atoms. The highest BCUT2D eigenvalue weighted by atomic mass is 16.6. The molecule has 0 aromatic carbocycles. The molecule has 0 fully saturated rings. The molecule has 4 nitrogen and oxygen atoms in total. The predicted octanol–water partition coefficient (Wildman–Crippen LogP) is 5.82. The number of hydrogen-bond donors (Lipinski definition) is 0. The minimum atomic E-state index is -0.846. The van der Waals surface area contributed by atoms with E-state index in [9.17, 15) is 9.59 Å². The lowest BCUT2D eigenvalue weighted by atomic mass is 9.75. The van der Waals surface area contributed by atoms with Crippen LogP contribution in [0.1, 0.15) is 95.9 Å². The molecule has 0 aliphatic carbocycles. The van der Waals surface area contributed by atoms with Gasteiger partial charge in [-0.05, 0) is 66.2 Å². The Bertz CT molecular complexity index is 503. The fourth-order valence-electron chi connectivity index (χ4n) is 2.66. The first-order valence-electron chi connectivity index (χ1n) is 10.2. The van der Waals surface area contributed by atoms with Gasteiger partial charge in [0.25, 0.3) is 0 Å². The third-order valence-electron chi connectivity index (χ3n) is 5.37. The first kappa shape index (κ1) is 26.1. The third-order valence-corrected chi connectivity index (χ3v) is 5.37. The number of Topliss-reactive ketones (excluding diaryl/α,β-unsaturated/α-hetero) is 1. The zero-order chi connectivity index (χ0) is 21.8. The van der Waals surface area contributed by atoms with Gasteiger partial charge in [-0.2, -0.15) is 0 Å². The number of carbonyl (C=O) groups excluding carboxylic acids is 2. The molecule has 0 aliphatic rings. The van der Waals surface area contributed by atoms with Crippen LogP contribution < -0.4 is 0 Å². The van der Waals surface area contributed by atoms with E-state index in [2.05, 4.69) is 27.7 Å². The molecule has 0 amide bonds. The van der Waals surface area contributed by atoms with Gasteiger partial charge in [0, 0.05) is 12.3 Å². The molecule has 0 saturated carbocycles. The van der Waals surface area contributed by atoms with Gasteiger partial charge < -0.3 is 9.47 Å². The van der Waals surface area contributed by atoms with Crippen molar-refractivity contribution in [2.75, 3.05) is 6.61 Å². The molecule has 27 heavy (non-hydrogen) atoms. The van der Waals surface area contributed by atoms with Gasteiger partial charge in [-0.15, -0.1) is 0 Å². The Hall–Kier alpha value is -0.900. The highest BCUT2D eigenvalue weighted by Crippen LogP contribution is 2.32. The average Bonchev–Trinajstić information content (AvgIpc) is 2.43. The van der Waals surface area contributed by atoms with Crippen molar-refractivity contribution in [1.29, 1.82) is 0 Å². The van der Waals surface area contributed by atoms with Gasteiger partial charge in [0.1, 0.15) is 11.2 Å². The molecular formula is C23H44O4. The van der Waals surface area contributed by atoms with Crippen LogP contribution in [0, 0.1) is 22.7 Å². The first-order valence-corrected chi connectivity index (χ1v) is 10.2. The summed E-state index contributed by atoms with van der Waals surface area (Å²) in [5, 5.41) is 0. The molecule has 2 unspecified atom stereocenters. The number of esters is 1. The van der Waals surface area contributed by atoms with Gasteiger partial charge in [-0.3, -0.25) is 9.59 Å². The summed E-state index contributed by atoms with van der Waals surface area (Å²) in [6.07, 6.45) is 1.39.